The minimum atomic E-state index is -1.34. The summed E-state index contributed by atoms with van der Waals surface area (Å²) in [5.41, 5.74) is -1.20. The summed E-state index contributed by atoms with van der Waals surface area (Å²) in [6.07, 6.45) is 1.21. The van der Waals surface area contributed by atoms with Crippen LogP contribution in [-0.4, -0.2) is 22.5 Å². The van der Waals surface area contributed by atoms with Gasteiger partial charge in [-0.05, 0) is 32.0 Å². The van der Waals surface area contributed by atoms with E-state index in [1.54, 1.807) is 19.1 Å². The van der Waals surface area contributed by atoms with Gasteiger partial charge in [0.15, 0.2) is 0 Å². The Hall–Kier alpha value is -2.21. The molecule has 0 saturated heterocycles. The predicted octanol–water partition coefficient (Wildman–Crippen LogP) is 1.76. The Morgan fingerprint density at radius 3 is 2.85 bits per heavy atom. The van der Waals surface area contributed by atoms with E-state index in [2.05, 4.69) is 10.3 Å². The maximum absolute atomic E-state index is 12.9. The molecule has 0 saturated carbocycles. The molecule has 0 aliphatic carbocycles. The first kappa shape index (κ1) is 14.2. The summed E-state index contributed by atoms with van der Waals surface area (Å²) in [5.74, 6) is -0.195. The molecule has 0 aliphatic rings. The number of hydrogen-bond donors (Lipinski definition) is 2. The highest BCUT2D eigenvalue weighted by molar-refractivity contribution is 5.94. The summed E-state index contributed by atoms with van der Waals surface area (Å²) in [6.45, 7) is 3.24. The van der Waals surface area contributed by atoms with Crippen molar-refractivity contribution >= 4 is 5.91 Å². The van der Waals surface area contributed by atoms with Crippen molar-refractivity contribution in [3.05, 3.63) is 53.5 Å². The maximum Gasteiger partial charge on any atom is 0.251 e. The van der Waals surface area contributed by atoms with E-state index in [0.29, 0.717) is 11.5 Å². The van der Waals surface area contributed by atoms with E-state index in [1.165, 1.54) is 19.2 Å². The van der Waals surface area contributed by atoms with Gasteiger partial charge in [-0.15, -0.1) is 0 Å². The number of nitrogens with one attached hydrogen (secondary N) is 1. The molecule has 106 valence electrons. The summed E-state index contributed by atoms with van der Waals surface area (Å²) in [7, 11) is 0. The van der Waals surface area contributed by atoms with Crippen molar-refractivity contribution in [2.45, 2.75) is 19.4 Å². The molecule has 5 nitrogen and oxygen atoms in total. The molecular formula is C14H15FN2O3. The number of amides is 1. The highest BCUT2D eigenvalue weighted by atomic mass is 19.1. The largest absolute Gasteiger partial charge is 0.463 e. The monoisotopic (exact) mass is 278 g/mol. The van der Waals surface area contributed by atoms with Crippen molar-refractivity contribution in [1.82, 2.24) is 10.3 Å². The summed E-state index contributed by atoms with van der Waals surface area (Å²) in [5, 5.41) is 12.8. The SMILES string of the molecule is Cc1ccc(C(C)(O)CNC(=O)c2ccnc(F)c2)o1. The highest BCUT2D eigenvalue weighted by Crippen LogP contribution is 2.22. The van der Waals surface area contributed by atoms with Crippen LogP contribution in [-0.2, 0) is 5.60 Å². The molecule has 0 aliphatic heterocycles. The highest BCUT2D eigenvalue weighted by Gasteiger charge is 2.27. The van der Waals surface area contributed by atoms with Gasteiger partial charge in [0.2, 0.25) is 5.95 Å². The molecule has 0 aromatic carbocycles. The van der Waals surface area contributed by atoms with Crippen molar-refractivity contribution in [3.8, 4) is 0 Å². The van der Waals surface area contributed by atoms with Crippen LogP contribution in [0.5, 0.6) is 0 Å². The number of carbonyl (C=O) groups is 1. The van der Waals surface area contributed by atoms with Gasteiger partial charge in [0.25, 0.3) is 5.91 Å². The second-order valence-electron chi connectivity index (χ2n) is 4.73. The summed E-state index contributed by atoms with van der Waals surface area (Å²) in [6, 6.07) is 5.79. The van der Waals surface area contributed by atoms with Crippen molar-refractivity contribution in [2.24, 2.45) is 0 Å². The Kier molecular flexibility index (Phi) is 3.85. The number of pyridine rings is 1. The first-order valence-electron chi connectivity index (χ1n) is 6.07. The maximum atomic E-state index is 12.9. The van der Waals surface area contributed by atoms with Crippen LogP contribution in [0.15, 0.2) is 34.9 Å². The van der Waals surface area contributed by atoms with Gasteiger partial charge in [0.1, 0.15) is 17.1 Å². The Balaban J connectivity index is 2.03. The van der Waals surface area contributed by atoms with E-state index in [1.807, 2.05) is 0 Å². The fraction of sp³-hybridized carbons (Fsp3) is 0.286. The topological polar surface area (TPSA) is 75.4 Å². The van der Waals surface area contributed by atoms with Crippen LogP contribution in [0, 0.1) is 12.9 Å². The predicted molar refractivity (Wildman–Crippen MR) is 69.5 cm³/mol. The van der Waals surface area contributed by atoms with Crippen LogP contribution in [0.1, 0.15) is 28.8 Å². The van der Waals surface area contributed by atoms with E-state index in [4.69, 9.17) is 4.42 Å². The number of halogens is 1. The molecule has 0 fully saturated rings. The van der Waals surface area contributed by atoms with E-state index in [0.717, 1.165) is 6.07 Å². The average molecular weight is 278 g/mol. The average Bonchev–Trinajstić information content (AvgIpc) is 2.83. The van der Waals surface area contributed by atoms with E-state index in [9.17, 15) is 14.3 Å². The molecule has 1 atom stereocenters. The van der Waals surface area contributed by atoms with Crippen LogP contribution in [0.2, 0.25) is 0 Å². The molecule has 20 heavy (non-hydrogen) atoms. The van der Waals surface area contributed by atoms with Gasteiger partial charge in [0.05, 0.1) is 6.54 Å². The zero-order chi connectivity index (χ0) is 14.8. The number of rotatable bonds is 4. The quantitative estimate of drug-likeness (QED) is 0.836. The fourth-order valence-electron chi connectivity index (χ4n) is 1.71. The normalized spacial score (nSPS) is 13.8. The van der Waals surface area contributed by atoms with Crippen molar-refractivity contribution in [2.75, 3.05) is 6.54 Å². The van der Waals surface area contributed by atoms with Gasteiger partial charge in [-0.1, -0.05) is 0 Å². The lowest BCUT2D eigenvalue weighted by atomic mass is 10.0. The van der Waals surface area contributed by atoms with E-state index in [-0.39, 0.29) is 12.1 Å². The third-order valence-corrected chi connectivity index (χ3v) is 2.85. The zero-order valence-electron chi connectivity index (χ0n) is 11.2. The number of carbonyl (C=O) groups excluding carboxylic acids is 1. The third kappa shape index (κ3) is 3.21. The molecule has 0 radical (unpaired) electrons. The molecule has 1 unspecified atom stereocenters. The number of hydrogen-bond acceptors (Lipinski definition) is 4. The molecule has 0 bridgehead atoms. The van der Waals surface area contributed by atoms with Crippen molar-refractivity contribution < 1.29 is 18.7 Å². The number of furan rings is 1. The molecule has 1 amide bonds. The molecule has 2 aromatic rings. The Morgan fingerprint density at radius 1 is 1.50 bits per heavy atom. The summed E-state index contributed by atoms with van der Waals surface area (Å²) >= 11 is 0. The van der Waals surface area contributed by atoms with Gasteiger partial charge >= 0.3 is 0 Å². The van der Waals surface area contributed by atoms with Gasteiger partial charge in [-0.3, -0.25) is 4.79 Å². The Morgan fingerprint density at radius 2 is 2.25 bits per heavy atom. The van der Waals surface area contributed by atoms with Crippen LogP contribution >= 0.6 is 0 Å². The molecule has 2 N–H and O–H groups in total. The lowest BCUT2D eigenvalue weighted by Crippen LogP contribution is -2.38. The number of aryl methyl sites for hydroxylation is 1. The molecule has 2 rings (SSSR count). The summed E-state index contributed by atoms with van der Waals surface area (Å²) in [4.78, 5) is 15.2. The smallest absolute Gasteiger partial charge is 0.251 e. The van der Waals surface area contributed by atoms with Gasteiger partial charge < -0.3 is 14.8 Å². The third-order valence-electron chi connectivity index (χ3n) is 2.85. The van der Waals surface area contributed by atoms with Gasteiger partial charge in [-0.25, -0.2) is 4.98 Å². The van der Waals surface area contributed by atoms with Gasteiger partial charge in [0, 0.05) is 17.8 Å². The zero-order valence-corrected chi connectivity index (χ0v) is 11.2. The minimum absolute atomic E-state index is 0.0528. The van der Waals surface area contributed by atoms with Crippen LogP contribution in [0.3, 0.4) is 0 Å². The lowest BCUT2D eigenvalue weighted by molar-refractivity contribution is 0.0323. The molecular weight excluding hydrogens is 263 g/mol. The van der Waals surface area contributed by atoms with Crippen LogP contribution in [0.25, 0.3) is 0 Å². The van der Waals surface area contributed by atoms with Crippen molar-refractivity contribution in [1.29, 1.82) is 0 Å². The molecule has 0 spiro atoms. The Labute approximate surface area is 115 Å². The first-order valence-corrected chi connectivity index (χ1v) is 6.07. The second-order valence-corrected chi connectivity index (χ2v) is 4.73. The van der Waals surface area contributed by atoms with E-state index >= 15 is 0 Å². The number of nitrogens with zero attached hydrogens (tertiary/aromatic N) is 1. The molecule has 2 heterocycles. The number of aromatic nitrogens is 1. The first-order chi connectivity index (χ1) is 9.38. The number of aliphatic hydroxyl groups is 1. The van der Waals surface area contributed by atoms with Gasteiger partial charge in [-0.2, -0.15) is 4.39 Å². The van der Waals surface area contributed by atoms with Crippen molar-refractivity contribution in [3.63, 3.8) is 0 Å². The minimum Gasteiger partial charge on any atom is -0.463 e. The Bertz CT molecular complexity index is 622. The second kappa shape index (κ2) is 5.42. The van der Waals surface area contributed by atoms with E-state index < -0.39 is 17.5 Å². The molecule has 2 aromatic heterocycles. The fourth-order valence-corrected chi connectivity index (χ4v) is 1.71. The standard InChI is InChI=1S/C14H15FN2O3/c1-9-3-4-11(20-9)14(2,19)8-17-13(18)10-5-6-16-12(15)7-10/h3-7,19H,8H2,1-2H3,(H,17,18). The van der Waals surface area contributed by atoms with Crippen LogP contribution < -0.4 is 5.32 Å². The summed E-state index contributed by atoms with van der Waals surface area (Å²) < 4.78 is 18.2. The van der Waals surface area contributed by atoms with Crippen LogP contribution in [0.4, 0.5) is 4.39 Å². The lowest BCUT2D eigenvalue weighted by Gasteiger charge is -2.21. The molecule has 6 heteroatoms.